The Kier molecular flexibility index (Phi) is 5.49. The van der Waals surface area contributed by atoms with Crippen LogP contribution < -0.4 is 5.73 Å². The molecule has 1 amide bonds. The van der Waals surface area contributed by atoms with Crippen molar-refractivity contribution in [2.24, 2.45) is 5.73 Å². The number of nitrogens with two attached hydrogens (primary N) is 1. The van der Waals surface area contributed by atoms with E-state index in [1.165, 1.54) is 0 Å². The summed E-state index contributed by atoms with van der Waals surface area (Å²) in [6.45, 7) is 1.95. The lowest BCUT2D eigenvalue weighted by Crippen LogP contribution is -2.41. The minimum atomic E-state index is 0.0349. The molecule has 0 unspecified atom stereocenters. The van der Waals surface area contributed by atoms with Gasteiger partial charge in [0.05, 0.1) is 5.69 Å². The van der Waals surface area contributed by atoms with Gasteiger partial charge < -0.3 is 10.6 Å². The first-order valence-corrected chi connectivity index (χ1v) is 12.2. The first kappa shape index (κ1) is 20.9. The topological polar surface area (TPSA) is 72.1 Å². The summed E-state index contributed by atoms with van der Waals surface area (Å²) in [5, 5.41) is 3.90. The van der Waals surface area contributed by atoms with Crippen LogP contribution >= 0.6 is 22.9 Å². The van der Waals surface area contributed by atoms with Gasteiger partial charge in [-0.05, 0) is 74.1 Å². The molecule has 2 aromatic heterocycles. The zero-order chi connectivity index (χ0) is 21.7. The third kappa shape index (κ3) is 3.97. The van der Waals surface area contributed by atoms with Crippen LogP contribution in [0.5, 0.6) is 0 Å². The van der Waals surface area contributed by atoms with E-state index in [0.717, 1.165) is 59.4 Å². The second-order valence-electron chi connectivity index (χ2n) is 8.97. The van der Waals surface area contributed by atoms with E-state index < -0.39 is 0 Å². The van der Waals surface area contributed by atoms with Crippen LogP contribution in [0, 0.1) is 6.92 Å². The van der Waals surface area contributed by atoms with E-state index in [4.69, 9.17) is 22.3 Å². The van der Waals surface area contributed by atoms with Crippen molar-refractivity contribution in [2.45, 2.75) is 62.9 Å². The SMILES string of the molecule is Cc1nc([C@@H]2C[C@H]2c2ccc(C(=O)N(C)C3CCC(N)CC3)cc2Cl)c2ccsc2n1. The minimum absolute atomic E-state index is 0.0349. The average Bonchev–Trinajstić information content (AvgIpc) is 3.40. The molecule has 162 valence electrons. The summed E-state index contributed by atoms with van der Waals surface area (Å²) in [6.07, 6.45) is 4.91. The van der Waals surface area contributed by atoms with E-state index in [2.05, 4.69) is 16.4 Å². The van der Waals surface area contributed by atoms with E-state index in [1.54, 1.807) is 11.3 Å². The zero-order valence-electron chi connectivity index (χ0n) is 17.8. The van der Waals surface area contributed by atoms with Gasteiger partial charge in [0.25, 0.3) is 5.91 Å². The Morgan fingerprint density at radius 1 is 1.16 bits per heavy atom. The van der Waals surface area contributed by atoms with E-state index in [-0.39, 0.29) is 18.0 Å². The van der Waals surface area contributed by atoms with Crippen LogP contribution in [0.15, 0.2) is 29.6 Å². The second kappa shape index (κ2) is 8.15. The van der Waals surface area contributed by atoms with Crippen molar-refractivity contribution in [2.75, 3.05) is 7.05 Å². The lowest BCUT2D eigenvalue weighted by Gasteiger charge is -2.33. The zero-order valence-corrected chi connectivity index (χ0v) is 19.4. The molecule has 2 aliphatic carbocycles. The molecule has 7 heteroatoms. The number of aromatic nitrogens is 2. The van der Waals surface area contributed by atoms with Gasteiger partial charge in [-0.3, -0.25) is 4.79 Å². The standard InChI is InChI=1S/C24H27ClN4OS/c1-13-27-22(18-9-10-31-23(18)28-13)20-12-19(20)17-8-3-14(11-21(17)25)24(30)29(2)16-6-4-15(26)5-7-16/h3,8-11,15-16,19-20H,4-7,12,26H2,1-2H3/t15?,16?,19-,20+/m0/s1. The summed E-state index contributed by atoms with van der Waals surface area (Å²) in [5.41, 5.74) is 8.90. The monoisotopic (exact) mass is 454 g/mol. The first-order valence-electron chi connectivity index (χ1n) is 11.0. The molecule has 31 heavy (non-hydrogen) atoms. The Hall–Kier alpha value is -2.02. The highest BCUT2D eigenvalue weighted by atomic mass is 35.5. The van der Waals surface area contributed by atoms with Crippen LogP contribution in [-0.2, 0) is 0 Å². The van der Waals surface area contributed by atoms with Crippen LogP contribution in [0.25, 0.3) is 10.2 Å². The predicted octanol–water partition coefficient (Wildman–Crippen LogP) is 5.27. The number of amides is 1. The molecule has 3 aromatic rings. The molecule has 5 nitrogen and oxygen atoms in total. The highest BCUT2D eigenvalue weighted by molar-refractivity contribution is 7.16. The summed E-state index contributed by atoms with van der Waals surface area (Å²) in [4.78, 5) is 25.2. The smallest absolute Gasteiger partial charge is 0.253 e. The Labute approximate surface area is 191 Å². The van der Waals surface area contributed by atoms with Gasteiger partial charge >= 0.3 is 0 Å². The van der Waals surface area contributed by atoms with Crippen molar-refractivity contribution >= 4 is 39.1 Å². The molecule has 0 saturated heterocycles. The van der Waals surface area contributed by atoms with E-state index in [9.17, 15) is 4.79 Å². The fourth-order valence-electron chi connectivity index (χ4n) is 4.93. The maximum Gasteiger partial charge on any atom is 0.253 e. The molecule has 2 saturated carbocycles. The van der Waals surface area contributed by atoms with Gasteiger partial charge in [0.15, 0.2) is 0 Å². The highest BCUT2D eigenvalue weighted by Gasteiger charge is 2.43. The highest BCUT2D eigenvalue weighted by Crippen LogP contribution is 2.57. The van der Waals surface area contributed by atoms with Gasteiger partial charge in [0, 0.05) is 41.0 Å². The lowest BCUT2D eigenvalue weighted by atomic mass is 9.90. The van der Waals surface area contributed by atoms with Crippen molar-refractivity contribution in [3.8, 4) is 0 Å². The molecule has 0 bridgehead atoms. The molecule has 1 aromatic carbocycles. The van der Waals surface area contributed by atoms with Crippen molar-refractivity contribution < 1.29 is 4.79 Å². The van der Waals surface area contributed by atoms with Crippen LogP contribution in [0.4, 0.5) is 0 Å². The summed E-state index contributed by atoms with van der Waals surface area (Å²) in [6, 6.07) is 8.44. The number of aryl methyl sites for hydroxylation is 1. The van der Waals surface area contributed by atoms with E-state index >= 15 is 0 Å². The molecule has 2 fully saturated rings. The second-order valence-corrected chi connectivity index (χ2v) is 10.3. The number of carbonyl (C=O) groups excluding carboxylic acids is 1. The Morgan fingerprint density at radius 2 is 1.94 bits per heavy atom. The average molecular weight is 455 g/mol. The Bertz CT molecular complexity index is 1140. The predicted molar refractivity (Wildman–Crippen MR) is 126 cm³/mol. The molecule has 5 rings (SSSR count). The van der Waals surface area contributed by atoms with E-state index in [0.29, 0.717) is 22.4 Å². The fraction of sp³-hybridized carbons (Fsp3) is 0.458. The normalized spacial score (nSPS) is 25.5. The number of halogens is 1. The Morgan fingerprint density at radius 3 is 2.68 bits per heavy atom. The molecule has 2 atom stereocenters. The lowest BCUT2D eigenvalue weighted by molar-refractivity contribution is 0.0690. The minimum Gasteiger partial charge on any atom is -0.339 e. The number of benzene rings is 1. The van der Waals surface area contributed by atoms with Gasteiger partial charge in [-0.15, -0.1) is 11.3 Å². The molecule has 2 aliphatic rings. The summed E-state index contributed by atoms with van der Waals surface area (Å²) in [7, 11) is 1.89. The third-order valence-corrected chi connectivity index (χ3v) is 8.00. The number of thiophene rings is 1. The van der Waals surface area contributed by atoms with Gasteiger partial charge in [-0.25, -0.2) is 9.97 Å². The van der Waals surface area contributed by atoms with Crippen LogP contribution in [0.2, 0.25) is 5.02 Å². The van der Waals surface area contributed by atoms with Gasteiger partial charge in [0.2, 0.25) is 0 Å². The summed E-state index contributed by atoms with van der Waals surface area (Å²) in [5.74, 6) is 1.54. The van der Waals surface area contributed by atoms with Crippen molar-refractivity contribution in [1.82, 2.24) is 14.9 Å². The van der Waals surface area contributed by atoms with Gasteiger partial charge in [0.1, 0.15) is 10.7 Å². The maximum absolute atomic E-state index is 13.0. The van der Waals surface area contributed by atoms with Crippen molar-refractivity contribution in [3.63, 3.8) is 0 Å². The molecule has 0 radical (unpaired) electrons. The number of carbonyl (C=O) groups is 1. The van der Waals surface area contributed by atoms with Crippen LogP contribution in [0.3, 0.4) is 0 Å². The van der Waals surface area contributed by atoms with Crippen molar-refractivity contribution in [1.29, 1.82) is 0 Å². The fourth-order valence-corrected chi connectivity index (χ4v) is 6.07. The molecule has 2 heterocycles. The number of hydrogen-bond acceptors (Lipinski definition) is 5. The number of hydrogen-bond donors (Lipinski definition) is 1. The summed E-state index contributed by atoms with van der Waals surface area (Å²) >= 11 is 8.34. The number of fused-ring (bicyclic) bond motifs is 1. The van der Waals surface area contributed by atoms with Crippen LogP contribution in [0.1, 0.15) is 71.4 Å². The quantitative estimate of drug-likeness (QED) is 0.583. The molecule has 0 aliphatic heterocycles. The molecule has 0 spiro atoms. The Balaban J connectivity index is 1.33. The van der Waals surface area contributed by atoms with E-state index in [1.807, 2.05) is 37.1 Å². The van der Waals surface area contributed by atoms with Crippen LogP contribution in [-0.4, -0.2) is 39.9 Å². The largest absolute Gasteiger partial charge is 0.339 e. The number of nitrogens with zero attached hydrogens (tertiary/aromatic N) is 3. The van der Waals surface area contributed by atoms with Gasteiger partial charge in [-0.2, -0.15) is 0 Å². The number of rotatable bonds is 4. The molecular formula is C24H27ClN4OS. The van der Waals surface area contributed by atoms with Gasteiger partial charge in [-0.1, -0.05) is 17.7 Å². The first-order chi connectivity index (χ1) is 14.9. The molecule has 2 N–H and O–H groups in total. The van der Waals surface area contributed by atoms with Crippen molar-refractivity contribution in [3.05, 3.63) is 57.3 Å². The maximum atomic E-state index is 13.0. The molecular weight excluding hydrogens is 428 g/mol. The summed E-state index contributed by atoms with van der Waals surface area (Å²) < 4.78 is 0. The third-order valence-electron chi connectivity index (χ3n) is 6.86.